The number of carboxylic acid groups (broad SMARTS) is 1. The van der Waals surface area contributed by atoms with Gasteiger partial charge in [0.2, 0.25) is 5.91 Å². The summed E-state index contributed by atoms with van der Waals surface area (Å²) < 4.78 is 10.6. The lowest BCUT2D eigenvalue weighted by Crippen LogP contribution is -2.61. The van der Waals surface area contributed by atoms with Crippen LogP contribution in [0.25, 0.3) is 10.8 Å². The van der Waals surface area contributed by atoms with Gasteiger partial charge in [0.15, 0.2) is 0 Å². The van der Waals surface area contributed by atoms with Crippen molar-refractivity contribution in [2.45, 2.75) is 57.2 Å². The third kappa shape index (κ3) is 5.97. The summed E-state index contributed by atoms with van der Waals surface area (Å²) >= 11 is 0. The molecule has 3 rings (SSSR count). The quantitative estimate of drug-likeness (QED) is 0.634. The molecule has 0 radical (unpaired) electrons. The Morgan fingerprint density at radius 2 is 1.75 bits per heavy atom. The third-order valence-electron chi connectivity index (χ3n) is 5.38. The van der Waals surface area contributed by atoms with Crippen molar-refractivity contribution in [3.63, 3.8) is 0 Å². The molecular formula is C24H30N2O6. The molecule has 1 atom stereocenters. The van der Waals surface area contributed by atoms with Crippen LogP contribution in [0, 0.1) is 0 Å². The fourth-order valence-electron chi connectivity index (χ4n) is 3.70. The standard InChI is InChI=1S/C24H30N2O6/c1-23(2,3)32-22(30)25-19(15-16-8-9-17-6-4-5-7-18(17)14-16)20(27)26-24(21(28)29)10-12-31-13-11-24/h4-9,14,19H,10-13,15H2,1-3H3,(H,25,30)(H,26,27)(H,28,29)/t19-/m0/s1. The van der Waals surface area contributed by atoms with E-state index in [9.17, 15) is 19.5 Å². The Morgan fingerprint density at radius 3 is 2.38 bits per heavy atom. The Kier molecular flexibility index (Phi) is 7.03. The van der Waals surface area contributed by atoms with Gasteiger partial charge in [0.25, 0.3) is 0 Å². The van der Waals surface area contributed by atoms with Crippen molar-refractivity contribution >= 4 is 28.7 Å². The maximum atomic E-state index is 13.2. The highest BCUT2D eigenvalue weighted by molar-refractivity contribution is 5.92. The summed E-state index contributed by atoms with van der Waals surface area (Å²) in [6.45, 7) is 5.66. The lowest BCUT2D eigenvalue weighted by Gasteiger charge is -2.35. The van der Waals surface area contributed by atoms with Gasteiger partial charge in [0.05, 0.1) is 0 Å². The molecular weight excluding hydrogens is 412 g/mol. The van der Waals surface area contributed by atoms with Crippen LogP contribution in [-0.4, -0.2) is 53.5 Å². The van der Waals surface area contributed by atoms with Gasteiger partial charge in [-0.05, 0) is 37.1 Å². The van der Waals surface area contributed by atoms with Crippen molar-refractivity contribution in [2.24, 2.45) is 0 Å². The predicted octanol–water partition coefficient (Wildman–Crippen LogP) is 3.03. The summed E-state index contributed by atoms with van der Waals surface area (Å²) in [6, 6.07) is 12.6. The van der Waals surface area contributed by atoms with Crippen LogP contribution in [0.15, 0.2) is 42.5 Å². The van der Waals surface area contributed by atoms with Crippen molar-refractivity contribution in [3.8, 4) is 0 Å². The minimum absolute atomic E-state index is 0.156. The van der Waals surface area contributed by atoms with Crippen LogP contribution in [0.3, 0.4) is 0 Å². The highest BCUT2D eigenvalue weighted by Gasteiger charge is 2.43. The summed E-state index contributed by atoms with van der Waals surface area (Å²) in [4.78, 5) is 37.6. The van der Waals surface area contributed by atoms with Crippen LogP contribution < -0.4 is 10.6 Å². The van der Waals surface area contributed by atoms with E-state index in [4.69, 9.17) is 9.47 Å². The maximum absolute atomic E-state index is 13.2. The molecule has 1 aliphatic heterocycles. The number of fused-ring (bicyclic) bond motifs is 1. The van der Waals surface area contributed by atoms with E-state index in [0.717, 1.165) is 16.3 Å². The van der Waals surface area contributed by atoms with Gasteiger partial charge < -0.3 is 25.2 Å². The highest BCUT2D eigenvalue weighted by Crippen LogP contribution is 2.22. The van der Waals surface area contributed by atoms with Crippen molar-refractivity contribution in [1.82, 2.24) is 10.6 Å². The number of carbonyl (C=O) groups is 3. The van der Waals surface area contributed by atoms with Crippen LogP contribution in [0.5, 0.6) is 0 Å². The molecule has 8 nitrogen and oxygen atoms in total. The number of ether oxygens (including phenoxy) is 2. The Labute approximate surface area is 187 Å². The van der Waals surface area contributed by atoms with Crippen LogP contribution >= 0.6 is 0 Å². The number of benzene rings is 2. The monoisotopic (exact) mass is 442 g/mol. The average molecular weight is 443 g/mol. The molecule has 2 aromatic carbocycles. The van der Waals surface area contributed by atoms with Gasteiger partial charge in [-0.25, -0.2) is 9.59 Å². The number of alkyl carbamates (subject to hydrolysis) is 1. The van der Waals surface area contributed by atoms with E-state index in [2.05, 4.69) is 10.6 Å². The molecule has 1 aliphatic rings. The fraction of sp³-hybridized carbons (Fsp3) is 0.458. The number of nitrogens with one attached hydrogen (secondary N) is 2. The molecule has 0 aromatic heterocycles. The van der Waals surface area contributed by atoms with Gasteiger partial charge in [-0.3, -0.25) is 4.79 Å². The van der Waals surface area contributed by atoms with Gasteiger partial charge in [-0.1, -0.05) is 42.5 Å². The Hall–Kier alpha value is -3.13. The van der Waals surface area contributed by atoms with Crippen molar-refractivity contribution in [3.05, 3.63) is 48.0 Å². The molecule has 0 bridgehead atoms. The number of carbonyl (C=O) groups excluding carboxylic acids is 2. The molecule has 0 unspecified atom stereocenters. The Balaban J connectivity index is 1.83. The third-order valence-corrected chi connectivity index (χ3v) is 5.38. The lowest BCUT2D eigenvalue weighted by molar-refractivity contribution is -0.152. The van der Waals surface area contributed by atoms with Crippen molar-refractivity contribution < 1.29 is 29.0 Å². The topological polar surface area (TPSA) is 114 Å². The van der Waals surface area contributed by atoms with E-state index < -0.39 is 35.2 Å². The second kappa shape index (κ2) is 9.56. The van der Waals surface area contributed by atoms with Crippen molar-refractivity contribution in [1.29, 1.82) is 0 Å². The van der Waals surface area contributed by atoms with Gasteiger partial charge in [-0.2, -0.15) is 0 Å². The summed E-state index contributed by atoms with van der Waals surface area (Å²) in [6.07, 6.45) is -0.246. The molecule has 1 heterocycles. The van der Waals surface area contributed by atoms with E-state index in [-0.39, 0.29) is 32.5 Å². The smallest absolute Gasteiger partial charge is 0.408 e. The molecule has 2 amide bonds. The summed E-state index contributed by atoms with van der Waals surface area (Å²) in [5.74, 6) is -1.69. The average Bonchev–Trinajstić information content (AvgIpc) is 2.72. The largest absolute Gasteiger partial charge is 0.480 e. The lowest BCUT2D eigenvalue weighted by atomic mass is 9.89. The SMILES string of the molecule is CC(C)(C)OC(=O)N[C@@H](Cc1ccc2ccccc2c1)C(=O)NC1(C(=O)O)CCOCC1. The first-order valence-electron chi connectivity index (χ1n) is 10.7. The first kappa shape index (κ1) is 23.5. The number of hydrogen-bond acceptors (Lipinski definition) is 5. The first-order valence-corrected chi connectivity index (χ1v) is 10.7. The normalized spacial score (nSPS) is 16.7. The second-order valence-corrected chi connectivity index (χ2v) is 9.07. The minimum Gasteiger partial charge on any atom is -0.480 e. The van der Waals surface area contributed by atoms with Gasteiger partial charge in [-0.15, -0.1) is 0 Å². The zero-order valence-electron chi connectivity index (χ0n) is 18.6. The molecule has 172 valence electrons. The molecule has 0 aliphatic carbocycles. The zero-order chi connectivity index (χ0) is 23.4. The second-order valence-electron chi connectivity index (χ2n) is 9.07. The van der Waals surface area contributed by atoms with E-state index in [1.54, 1.807) is 20.8 Å². The van der Waals surface area contributed by atoms with E-state index >= 15 is 0 Å². The Bertz CT molecular complexity index is 991. The van der Waals surface area contributed by atoms with E-state index in [1.165, 1.54) is 0 Å². The fourth-order valence-corrected chi connectivity index (χ4v) is 3.70. The molecule has 1 fully saturated rings. The number of hydrogen-bond donors (Lipinski definition) is 3. The maximum Gasteiger partial charge on any atom is 0.408 e. The molecule has 3 N–H and O–H groups in total. The van der Waals surface area contributed by atoms with Gasteiger partial charge >= 0.3 is 12.1 Å². The summed E-state index contributed by atoms with van der Waals surface area (Å²) in [5, 5.41) is 17.1. The highest BCUT2D eigenvalue weighted by atomic mass is 16.6. The molecule has 0 saturated carbocycles. The summed E-state index contributed by atoms with van der Waals surface area (Å²) in [5.41, 5.74) is -1.33. The predicted molar refractivity (Wildman–Crippen MR) is 119 cm³/mol. The van der Waals surface area contributed by atoms with Gasteiger partial charge in [0, 0.05) is 32.5 Å². The molecule has 0 spiro atoms. The molecule has 8 heteroatoms. The molecule has 32 heavy (non-hydrogen) atoms. The number of rotatable bonds is 6. The van der Waals surface area contributed by atoms with Crippen molar-refractivity contribution in [2.75, 3.05) is 13.2 Å². The minimum atomic E-state index is -1.42. The van der Waals surface area contributed by atoms with Crippen LogP contribution in [0.4, 0.5) is 4.79 Å². The Morgan fingerprint density at radius 1 is 1.09 bits per heavy atom. The van der Waals surface area contributed by atoms with E-state index in [1.807, 2.05) is 42.5 Å². The number of amides is 2. The zero-order valence-corrected chi connectivity index (χ0v) is 18.6. The molecule has 2 aromatic rings. The summed E-state index contributed by atoms with van der Waals surface area (Å²) in [7, 11) is 0. The van der Waals surface area contributed by atoms with Gasteiger partial charge in [0.1, 0.15) is 17.2 Å². The molecule has 1 saturated heterocycles. The number of carboxylic acids is 1. The van der Waals surface area contributed by atoms with E-state index in [0.29, 0.717) is 0 Å². The number of aliphatic carboxylic acids is 1. The first-order chi connectivity index (χ1) is 15.1. The van der Waals surface area contributed by atoms with Crippen LogP contribution in [0.2, 0.25) is 0 Å². The van der Waals surface area contributed by atoms with Crippen LogP contribution in [-0.2, 0) is 25.5 Å². The van der Waals surface area contributed by atoms with Crippen LogP contribution in [0.1, 0.15) is 39.2 Å².